The first-order valence-corrected chi connectivity index (χ1v) is 11.5. The lowest BCUT2D eigenvalue weighted by Crippen LogP contribution is -2.36. The standard InChI is InChI=1S/C28H35NO/c1-26(2)17-22-21-13-14-28(5,30-25(21)12-10-23(22)27(3,4)18-26)20-9-11-24-19(16-20)8-7-15-29(24)6/h9-14,16H,7-8,15,17-18H2,1-6H3/t28-/m0/s1. The second-order valence-corrected chi connectivity index (χ2v) is 11.3. The Morgan fingerprint density at radius 2 is 1.80 bits per heavy atom. The van der Waals surface area contributed by atoms with Gasteiger partial charge in [0, 0.05) is 24.8 Å². The van der Waals surface area contributed by atoms with Gasteiger partial charge in [0.1, 0.15) is 11.4 Å². The summed E-state index contributed by atoms with van der Waals surface area (Å²) in [5, 5.41) is 0. The topological polar surface area (TPSA) is 12.5 Å². The highest BCUT2D eigenvalue weighted by Crippen LogP contribution is 2.50. The van der Waals surface area contributed by atoms with Crippen molar-refractivity contribution in [1.82, 2.24) is 0 Å². The zero-order valence-corrected chi connectivity index (χ0v) is 19.4. The van der Waals surface area contributed by atoms with E-state index >= 15 is 0 Å². The highest BCUT2D eigenvalue weighted by atomic mass is 16.5. The van der Waals surface area contributed by atoms with Gasteiger partial charge in [-0.15, -0.1) is 0 Å². The maximum atomic E-state index is 6.73. The first kappa shape index (κ1) is 19.7. The van der Waals surface area contributed by atoms with Crippen LogP contribution in [0.3, 0.4) is 0 Å². The van der Waals surface area contributed by atoms with Crippen molar-refractivity contribution in [1.29, 1.82) is 0 Å². The molecule has 0 spiro atoms. The molecule has 0 radical (unpaired) electrons. The van der Waals surface area contributed by atoms with E-state index < -0.39 is 5.60 Å². The van der Waals surface area contributed by atoms with Crippen molar-refractivity contribution in [2.75, 3.05) is 18.5 Å². The van der Waals surface area contributed by atoms with Crippen molar-refractivity contribution >= 4 is 11.8 Å². The summed E-state index contributed by atoms with van der Waals surface area (Å²) >= 11 is 0. The Morgan fingerprint density at radius 3 is 2.60 bits per heavy atom. The molecule has 2 heterocycles. The molecule has 158 valence electrons. The third kappa shape index (κ3) is 3.07. The van der Waals surface area contributed by atoms with Crippen LogP contribution in [-0.2, 0) is 23.9 Å². The predicted molar refractivity (Wildman–Crippen MR) is 127 cm³/mol. The molecule has 0 saturated carbocycles. The lowest BCUT2D eigenvalue weighted by molar-refractivity contribution is 0.137. The van der Waals surface area contributed by atoms with Crippen LogP contribution in [0.4, 0.5) is 5.69 Å². The Morgan fingerprint density at radius 1 is 1.00 bits per heavy atom. The average Bonchev–Trinajstić information content (AvgIpc) is 2.66. The zero-order valence-electron chi connectivity index (χ0n) is 19.4. The second-order valence-electron chi connectivity index (χ2n) is 11.3. The van der Waals surface area contributed by atoms with Crippen LogP contribution in [0.15, 0.2) is 36.4 Å². The molecule has 0 amide bonds. The van der Waals surface area contributed by atoms with Crippen LogP contribution >= 0.6 is 0 Å². The third-order valence-electron chi connectivity index (χ3n) is 7.52. The molecule has 0 bridgehead atoms. The van der Waals surface area contributed by atoms with E-state index in [1.165, 1.54) is 46.3 Å². The summed E-state index contributed by atoms with van der Waals surface area (Å²) in [5.41, 5.74) is 8.42. The Kier molecular flexibility index (Phi) is 4.20. The Balaban J connectivity index is 1.55. The van der Waals surface area contributed by atoms with Gasteiger partial charge in [-0.2, -0.15) is 0 Å². The summed E-state index contributed by atoms with van der Waals surface area (Å²) in [6.45, 7) is 12.9. The molecule has 1 atom stereocenters. The molecule has 0 saturated heterocycles. The van der Waals surface area contributed by atoms with E-state index in [2.05, 4.69) is 89.1 Å². The molecule has 2 heteroatoms. The van der Waals surface area contributed by atoms with Gasteiger partial charge in [-0.1, -0.05) is 45.9 Å². The molecule has 3 aliphatic rings. The molecule has 0 N–H and O–H groups in total. The molecular formula is C28H35NO. The maximum Gasteiger partial charge on any atom is 0.150 e. The number of nitrogens with zero attached hydrogens (tertiary/aromatic N) is 1. The van der Waals surface area contributed by atoms with Crippen LogP contribution < -0.4 is 9.64 Å². The minimum atomic E-state index is -0.425. The molecule has 2 aromatic rings. The van der Waals surface area contributed by atoms with Gasteiger partial charge in [-0.25, -0.2) is 0 Å². The number of hydrogen-bond acceptors (Lipinski definition) is 2. The zero-order chi connectivity index (χ0) is 21.3. The number of aryl methyl sites for hydroxylation is 1. The van der Waals surface area contributed by atoms with E-state index in [0.717, 1.165) is 25.1 Å². The van der Waals surface area contributed by atoms with Crippen molar-refractivity contribution < 1.29 is 4.74 Å². The van der Waals surface area contributed by atoms with Crippen molar-refractivity contribution in [3.05, 3.63) is 64.2 Å². The van der Waals surface area contributed by atoms with Crippen LogP contribution in [0.1, 0.15) is 75.3 Å². The Bertz CT molecular complexity index is 1040. The molecule has 5 rings (SSSR count). The molecule has 2 aliphatic heterocycles. The normalized spacial score (nSPS) is 25.7. The van der Waals surface area contributed by atoms with Crippen molar-refractivity contribution in [2.24, 2.45) is 5.41 Å². The van der Waals surface area contributed by atoms with Gasteiger partial charge >= 0.3 is 0 Å². The third-order valence-corrected chi connectivity index (χ3v) is 7.52. The summed E-state index contributed by atoms with van der Waals surface area (Å²) in [4.78, 5) is 2.37. The number of benzene rings is 2. The van der Waals surface area contributed by atoms with E-state index in [9.17, 15) is 0 Å². The van der Waals surface area contributed by atoms with Crippen LogP contribution in [0.5, 0.6) is 5.75 Å². The average molecular weight is 402 g/mol. The van der Waals surface area contributed by atoms with Gasteiger partial charge < -0.3 is 9.64 Å². The van der Waals surface area contributed by atoms with Crippen molar-refractivity contribution in [2.45, 2.75) is 71.3 Å². The van der Waals surface area contributed by atoms with Crippen LogP contribution in [0.25, 0.3) is 6.08 Å². The quantitative estimate of drug-likeness (QED) is 0.531. The smallest absolute Gasteiger partial charge is 0.150 e. The van der Waals surface area contributed by atoms with E-state index in [4.69, 9.17) is 4.74 Å². The van der Waals surface area contributed by atoms with Gasteiger partial charge in [0.2, 0.25) is 0 Å². The fourth-order valence-corrected chi connectivity index (χ4v) is 6.33. The number of rotatable bonds is 1. The number of hydrogen-bond donors (Lipinski definition) is 0. The van der Waals surface area contributed by atoms with Crippen molar-refractivity contribution in [3.63, 3.8) is 0 Å². The first-order chi connectivity index (χ1) is 14.1. The number of anilines is 1. The molecule has 0 unspecified atom stereocenters. The highest BCUT2D eigenvalue weighted by Gasteiger charge is 2.40. The fourth-order valence-electron chi connectivity index (χ4n) is 6.33. The minimum absolute atomic E-state index is 0.200. The minimum Gasteiger partial charge on any atom is -0.478 e. The van der Waals surface area contributed by atoms with E-state index in [1.807, 2.05) is 0 Å². The summed E-state index contributed by atoms with van der Waals surface area (Å²) < 4.78 is 6.73. The van der Waals surface area contributed by atoms with E-state index in [0.29, 0.717) is 5.41 Å². The SMILES string of the molecule is CN1CCCc2cc([C@]3(C)C=Cc4c(ccc5c4CC(C)(C)CC5(C)C)O3)ccc21. The first-order valence-electron chi connectivity index (χ1n) is 11.5. The van der Waals surface area contributed by atoms with Crippen LogP contribution in [-0.4, -0.2) is 13.6 Å². The molecule has 0 fully saturated rings. The molecule has 2 nitrogen and oxygen atoms in total. The van der Waals surface area contributed by atoms with Crippen molar-refractivity contribution in [3.8, 4) is 5.75 Å². The van der Waals surface area contributed by atoms with Gasteiger partial charge in [-0.05, 0) is 90.0 Å². The maximum absolute atomic E-state index is 6.73. The van der Waals surface area contributed by atoms with Gasteiger partial charge in [0.15, 0.2) is 0 Å². The van der Waals surface area contributed by atoms with Crippen LogP contribution in [0, 0.1) is 5.41 Å². The van der Waals surface area contributed by atoms with Gasteiger partial charge in [-0.3, -0.25) is 0 Å². The highest BCUT2D eigenvalue weighted by molar-refractivity contribution is 5.68. The fraction of sp³-hybridized carbons (Fsp3) is 0.500. The molecule has 0 aromatic heterocycles. The molecular weight excluding hydrogens is 366 g/mol. The summed E-state index contributed by atoms with van der Waals surface area (Å²) in [6, 6.07) is 11.4. The summed E-state index contributed by atoms with van der Waals surface area (Å²) in [7, 11) is 2.19. The summed E-state index contributed by atoms with van der Waals surface area (Å²) in [6.07, 6.45) is 9.32. The number of fused-ring (bicyclic) bond motifs is 4. The van der Waals surface area contributed by atoms with E-state index in [1.54, 1.807) is 0 Å². The Labute approximate surface area is 181 Å². The lowest BCUT2D eigenvalue weighted by Gasteiger charge is -2.44. The predicted octanol–water partition coefficient (Wildman–Crippen LogP) is 6.64. The lowest BCUT2D eigenvalue weighted by atomic mass is 9.61. The van der Waals surface area contributed by atoms with Crippen LogP contribution in [0.2, 0.25) is 0 Å². The molecule has 1 aliphatic carbocycles. The molecule has 30 heavy (non-hydrogen) atoms. The van der Waals surface area contributed by atoms with Gasteiger partial charge in [0.25, 0.3) is 0 Å². The summed E-state index contributed by atoms with van der Waals surface area (Å²) in [5.74, 6) is 1.03. The largest absolute Gasteiger partial charge is 0.478 e. The Hall–Kier alpha value is -2.22. The number of ether oxygens (including phenoxy) is 1. The van der Waals surface area contributed by atoms with E-state index in [-0.39, 0.29) is 5.41 Å². The monoisotopic (exact) mass is 401 g/mol. The second kappa shape index (κ2) is 6.39. The van der Waals surface area contributed by atoms with Gasteiger partial charge in [0.05, 0.1) is 0 Å². The molecule has 2 aromatic carbocycles.